The number of amides is 1. The molecule has 26 heavy (non-hydrogen) atoms. The van der Waals surface area contributed by atoms with Crippen molar-refractivity contribution in [2.75, 3.05) is 11.1 Å². The van der Waals surface area contributed by atoms with Crippen LogP contribution in [0.3, 0.4) is 0 Å². The van der Waals surface area contributed by atoms with E-state index in [4.69, 9.17) is 0 Å². The zero-order chi connectivity index (χ0) is 18.5. The fraction of sp³-hybridized carbons (Fsp3) is 0.550. The maximum absolute atomic E-state index is 12.3. The number of thioether (sulfide) groups is 1. The molecule has 2 aromatic rings. The second-order valence-electron chi connectivity index (χ2n) is 7.38. The molecule has 1 N–H and O–H groups in total. The Balaban J connectivity index is 1.53. The Morgan fingerprint density at radius 2 is 1.85 bits per heavy atom. The van der Waals surface area contributed by atoms with Crippen LogP contribution in [-0.4, -0.2) is 26.4 Å². The van der Waals surface area contributed by atoms with E-state index in [1.54, 1.807) is 0 Å². The van der Waals surface area contributed by atoms with Crippen LogP contribution in [0.15, 0.2) is 23.4 Å². The molecule has 0 unspecified atom stereocenters. The van der Waals surface area contributed by atoms with Crippen molar-refractivity contribution in [2.45, 2.75) is 57.5 Å². The van der Waals surface area contributed by atoms with Crippen LogP contribution in [0.1, 0.15) is 49.1 Å². The van der Waals surface area contributed by atoms with Gasteiger partial charge in [-0.15, -0.1) is 10.2 Å². The van der Waals surface area contributed by atoms with Crippen molar-refractivity contribution < 1.29 is 4.79 Å². The van der Waals surface area contributed by atoms with E-state index in [1.165, 1.54) is 43.9 Å². The lowest BCUT2D eigenvalue weighted by Gasteiger charge is -2.20. The third kappa shape index (κ3) is 5.10. The lowest BCUT2D eigenvalue weighted by atomic mass is 9.87. The second-order valence-corrected chi connectivity index (χ2v) is 8.32. The maximum atomic E-state index is 12.3. The van der Waals surface area contributed by atoms with Gasteiger partial charge in [0.15, 0.2) is 5.16 Å². The standard InChI is InChI=1S/C20H28N4OS/c1-14-9-15(2)11-17(10-14)21-19(25)13-26-20-23-22-18(24(20)3)12-16-7-5-4-6-8-16/h9-11,16H,4-8,12-13H2,1-3H3,(H,21,25). The molecule has 0 bridgehead atoms. The number of carbonyl (C=O) groups is 1. The number of hydrogen-bond acceptors (Lipinski definition) is 4. The number of aromatic nitrogens is 3. The van der Waals surface area contributed by atoms with E-state index in [2.05, 4.69) is 21.6 Å². The summed E-state index contributed by atoms with van der Waals surface area (Å²) in [5.74, 6) is 2.09. The average Bonchev–Trinajstić information content (AvgIpc) is 2.93. The highest BCUT2D eigenvalue weighted by Gasteiger charge is 2.18. The van der Waals surface area contributed by atoms with E-state index in [9.17, 15) is 4.79 Å². The molecule has 0 radical (unpaired) electrons. The summed E-state index contributed by atoms with van der Waals surface area (Å²) in [6.45, 7) is 4.07. The number of anilines is 1. The summed E-state index contributed by atoms with van der Waals surface area (Å²) in [4.78, 5) is 12.3. The minimum absolute atomic E-state index is 0.0168. The summed E-state index contributed by atoms with van der Waals surface area (Å²) in [5, 5.41) is 12.4. The van der Waals surface area contributed by atoms with E-state index in [1.807, 2.05) is 37.6 Å². The van der Waals surface area contributed by atoms with E-state index in [-0.39, 0.29) is 5.91 Å². The molecule has 6 heteroatoms. The first kappa shape index (κ1) is 19.0. The normalized spacial score (nSPS) is 15.2. The highest BCUT2D eigenvalue weighted by molar-refractivity contribution is 7.99. The van der Waals surface area contributed by atoms with Crippen molar-refractivity contribution in [1.29, 1.82) is 0 Å². The molecule has 3 rings (SSSR count). The van der Waals surface area contributed by atoms with Crippen molar-refractivity contribution in [2.24, 2.45) is 13.0 Å². The van der Waals surface area contributed by atoms with Gasteiger partial charge in [0.2, 0.25) is 5.91 Å². The van der Waals surface area contributed by atoms with Crippen LogP contribution < -0.4 is 5.32 Å². The molecule has 1 fully saturated rings. The van der Waals surface area contributed by atoms with Crippen LogP contribution in [0.4, 0.5) is 5.69 Å². The van der Waals surface area contributed by atoms with Gasteiger partial charge in [-0.3, -0.25) is 4.79 Å². The van der Waals surface area contributed by atoms with Crippen LogP contribution in [-0.2, 0) is 18.3 Å². The van der Waals surface area contributed by atoms with Gasteiger partial charge in [-0.05, 0) is 43.0 Å². The zero-order valence-corrected chi connectivity index (χ0v) is 16.7. The Labute approximate surface area is 160 Å². The fourth-order valence-electron chi connectivity index (χ4n) is 3.67. The van der Waals surface area contributed by atoms with E-state index in [0.29, 0.717) is 5.75 Å². The monoisotopic (exact) mass is 372 g/mol. The molecule has 1 heterocycles. The molecule has 1 aromatic heterocycles. The third-order valence-electron chi connectivity index (χ3n) is 4.96. The summed E-state index contributed by atoms with van der Waals surface area (Å²) in [7, 11) is 2.00. The lowest BCUT2D eigenvalue weighted by molar-refractivity contribution is -0.113. The first-order chi connectivity index (χ1) is 12.5. The molecule has 1 aliphatic carbocycles. The first-order valence-corrected chi connectivity index (χ1v) is 10.4. The summed E-state index contributed by atoms with van der Waals surface area (Å²) in [5.41, 5.74) is 3.14. The number of carbonyl (C=O) groups excluding carboxylic acids is 1. The van der Waals surface area contributed by atoms with E-state index >= 15 is 0 Å². The van der Waals surface area contributed by atoms with Gasteiger partial charge in [-0.1, -0.05) is 49.9 Å². The van der Waals surface area contributed by atoms with Gasteiger partial charge >= 0.3 is 0 Å². The van der Waals surface area contributed by atoms with Gasteiger partial charge in [0.05, 0.1) is 5.75 Å². The predicted molar refractivity (Wildman–Crippen MR) is 107 cm³/mol. The number of nitrogens with zero attached hydrogens (tertiary/aromatic N) is 3. The van der Waals surface area contributed by atoms with Gasteiger partial charge < -0.3 is 9.88 Å². The van der Waals surface area contributed by atoms with Gasteiger partial charge in [-0.25, -0.2) is 0 Å². The SMILES string of the molecule is Cc1cc(C)cc(NC(=O)CSc2nnc(CC3CCCCC3)n2C)c1. The van der Waals surface area contributed by atoms with Crippen LogP contribution in [0.2, 0.25) is 0 Å². The number of hydrogen-bond donors (Lipinski definition) is 1. The zero-order valence-electron chi connectivity index (χ0n) is 15.9. The minimum atomic E-state index is -0.0168. The maximum Gasteiger partial charge on any atom is 0.234 e. The average molecular weight is 373 g/mol. The molecule has 0 saturated heterocycles. The van der Waals surface area contributed by atoms with Crippen molar-refractivity contribution in [3.63, 3.8) is 0 Å². The summed E-state index contributed by atoms with van der Waals surface area (Å²) < 4.78 is 2.05. The van der Waals surface area contributed by atoms with Gasteiger partial charge in [-0.2, -0.15) is 0 Å². The molecule has 1 aliphatic rings. The Morgan fingerprint density at radius 3 is 2.54 bits per heavy atom. The number of nitrogens with one attached hydrogen (secondary N) is 1. The van der Waals surface area contributed by atoms with Crippen LogP contribution in [0.5, 0.6) is 0 Å². The fourth-order valence-corrected chi connectivity index (χ4v) is 4.40. The quantitative estimate of drug-likeness (QED) is 0.769. The smallest absolute Gasteiger partial charge is 0.234 e. The van der Waals surface area contributed by atoms with Crippen LogP contribution >= 0.6 is 11.8 Å². The summed E-state index contributed by atoms with van der Waals surface area (Å²) in [6.07, 6.45) is 7.64. The second kappa shape index (κ2) is 8.71. The molecule has 0 atom stereocenters. The first-order valence-electron chi connectivity index (χ1n) is 9.40. The van der Waals surface area contributed by atoms with Crippen LogP contribution in [0, 0.1) is 19.8 Å². The molecular weight excluding hydrogens is 344 g/mol. The Kier molecular flexibility index (Phi) is 6.35. The molecule has 0 spiro atoms. The summed E-state index contributed by atoms with van der Waals surface area (Å²) in [6, 6.07) is 6.07. The number of rotatable bonds is 6. The third-order valence-corrected chi connectivity index (χ3v) is 5.98. The van der Waals surface area contributed by atoms with E-state index in [0.717, 1.165) is 40.1 Å². The van der Waals surface area contributed by atoms with Crippen molar-refractivity contribution in [3.8, 4) is 0 Å². The van der Waals surface area contributed by atoms with Crippen molar-refractivity contribution in [3.05, 3.63) is 35.2 Å². The lowest BCUT2D eigenvalue weighted by Crippen LogP contribution is -2.15. The Hall–Kier alpha value is -1.82. The van der Waals surface area contributed by atoms with Gasteiger partial charge in [0, 0.05) is 19.2 Å². The van der Waals surface area contributed by atoms with Gasteiger partial charge in [0.25, 0.3) is 0 Å². The number of aryl methyl sites for hydroxylation is 2. The summed E-state index contributed by atoms with van der Waals surface area (Å²) >= 11 is 1.44. The molecule has 5 nitrogen and oxygen atoms in total. The molecule has 1 amide bonds. The molecule has 1 aromatic carbocycles. The Morgan fingerprint density at radius 1 is 1.15 bits per heavy atom. The predicted octanol–water partition coefficient (Wildman–Crippen LogP) is 4.29. The highest BCUT2D eigenvalue weighted by atomic mass is 32.2. The topological polar surface area (TPSA) is 59.8 Å². The molecule has 140 valence electrons. The largest absolute Gasteiger partial charge is 0.325 e. The van der Waals surface area contributed by atoms with Crippen molar-refractivity contribution >= 4 is 23.4 Å². The highest BCUT2D eigenvalue weighted by Crippen LogP contribution is 2.27. The molecule has 0 aliphatic heterocycles. The molecular formula is C20H28N4OS. The Bertz CT molecular complexity index is 745. The minimum Gasteiger partial charge on any atom is -0.325 e. The number of benzene rings is 1. The van der Waals surface area contributed by atoms with Crippen LogP contribution in [0.25, 0.3) is 0 Å². The van der Waals surface area contributed by atoms with E-state index < -0.39 is 0 Å². The molecule has 1 saturated carbocycles. The van der Waals surface area contributed by atoms with Crippen molar-refractivity contribution in [1.82, 2.24) is 14.8 Å². The van der Waals surface area contributed by atoms with Gasteiger partial charge in [0.1, 0.15) is 5.82 Å².